The summed E-state index contributed by atoms with van der Waals surface area (Å²) in [6, 6.07) is 16.9. The summed E-state index contributed by atoms with van der Waals surface area (Å²) in [7, 11) is 1.62. The van der Waals surface area contributed by atoms with Gasteiger partial charge in [-0.15, -0.1) is 0 Å². The summed E-state index contributed by atoms with van der Waals surface area (Å²) in [6.07, 6.45) is 1.77. The minimum absolute atomic E-state index is 0.0670. The van der Waals surface area contributed by atoms with E-state index in [2.05, 4.69) is 10.00 Å². The molecule has 0 N–H and O–H groups in total. The van der Waals surface area contributed by atoms with E-state index >= 15 is 0 Å². The molecule has 8 nitrogen and oxygen atoms in total. The number of nitrogens with zero attached hydrogens (tertiary/aromatic N) is 4. The van der Waals surface area contributed by atoms with Crippen molar-refractivity contribution in [3.63, 3.8) is 0 Å². The van der Waals surface area contributed by atoms with Crippen LogP contribution in [0.25, 0.3) is 5.69 Å². The SMILES string of the molecule is COc1ccccc1COc1c(N2CCN3OC3C2)cnn(-c2ccccc2)c1=O. The number of piperazine rings is 1. The summed E-state index contributed by atoms with van der Waals surface area (Å²) < 4.78 is 12.9. The van der Waals surface area contributed by atoms with Gasteiger partial charge in [-0.2, -0.15) is 14.8 Å². The first-order chi connectivity index (χ1) is 14.7. The maximum absolute atomic E-state index is 13.4. The van der Waals surface area contributed by atoms with Crippen molar-refractivity contribution < 1.29 is 14.3 Å². The molecule has 0 spiro atoms. The topological polar surface area (TPSA) is 72.1 Å². The summed E-state index contributed by atoms with van der Waals surface area (Å²) in [4.78, 5) is 21.0. The molecule has 2 aromatic carbocycles. The van der Waals surface area contributed by atoms with Gasteiger partial charge in [0.2, 0.25) is 5.75 Å². The molecule has 2 unspecified atom stereocenters. The summed E-state index contributed by atoms with van der Waals surface area (Å²) in [6.45, 7) is 2.39. The number of ether oxygens (including phenoxy) is 2. The molecule has 3 heterocycles. The zero-order chi connectivity index (χ0) is 20.5. The van der Waals surface area contributed by atoms with Gasteiger partial charge in [-0.25, -0.2) is 0 Å². The van der Waals surface area contributed by atoms with Crippen molar-refractivity contribution in [2.45, 2.75) is 12.8 Å². The Labute approximate surface area is 173 Å². The monoisotopic (exact) mass is 406 g/mol. The van der Waals surface area contributed by atoms with Crippen LogP contribution in [0.4, 0.5) is 5.69 Å². The molecule has 2 saturated heterocycles. The third-order valence-electron chi connectivity index (χ3n) is 5.32. The first-order valence-electron chi connectivity index (χ1n) is 9.85. The molecule has 2 fully saturated rings. The Bertz CT molecular complexity index is 1100. The lowest BCUT2D eigenvalue weighted by molar-refractivity contribution is 0.206. The Hall–Kier alpha value is -3.36. The average molecular weight is 406 g/mol. The van der Waals surface area contributed by atoms with Crippen LogP contribution in [-0.4, -0.2) is 47.8 Å². The number of aromatic nitrogens is 2. The molecule has 0 bridgehead atoms. The summed E-state index contributed by atoms with van der Waals surface area (Å²) in [5, 5.41) is 6.35. The molecule has 1 aromatic heterocycles. The molecule has 5 rings (SSSR count). The number of hydrogen-bond acceptors (Lipinski definition) is 7. The molecule has 8 heteroatoms. The van der Waals surface area contributed by atoms with Crippen molar-refractivity contribution in [3.05, 3.63) is 76.7 Å². The van der Waals surface area contributed by atoms with Gasteiger partial charge in [0, 0.05) is 18.7 Å². The van der Waals surface area contributed by atoms with Crippen LogP contribution in [0.1, 0.15) is 5.56 Å². The van der Waals surface area contributed by atoms with E-state index in [1.807, 2.05) is 59.7 Å². The second-order valence-corrected chi connectivity index (χ2v) is 7.16. The van der Waals surface area contributed by atoms with E-state index in [1.54, 1.807) is 13.3 Å². The predicted molar refractivity (Wildman–Crippen MR) is 111 cm³/mol. The number of hydrogen-bond donors (Lipinski definition) is 0. The van der Waals surface area contributed by atoms with Crippen LogP contribution >= 0.6 is 0 Å². The van der Waals surface area contributed by atoms with Gasteiger partial charge in [-0.1, -0.05) is 36.4 Å². The van der Waals surface area contributed by atoms with Crippen LogP contribution in [0.2, 0.25) is 0 Å². The zero-order valence-corrected chi connectivity index (χ0v) is 16.6. The molecule has 154 valence electrons. The molecule has 2 atom stereocenters. The zero-order valence-electron chi connectivity index (χ0n) is 16.6. The van der Waals surface area contributed by atoms with Gasteiger partial charge in [0.05, 0.1) is 25.5 Å². The van der Waals surface area contributed by atoms with Crippen LogP contribution < -0.4 is 19.9 Å². The van der Waals surface area contributed by atoms with Gasteiger partial charge in [0.25, 0.3) is 0 Å². The van der Waals surface area contributed by atoms with Crippen LogP contribution in [0.5, 0.6) is 11.5 Å². The van der Waals surface area contributed by atoms with E-state index < -0.39 is 0 Å². The van der Waals surface area contributed by atoms with Gasteiger partial charge in [-0.3, -0.25) is 9.63 Å². The molecule has 2 aliphatic rings. The number of anilines is 1. The average Bonchev–Trinajstić information content (AvgIpc) is 3.58. The van der Waals surface area contributed by atoms with Gasteiger partial charge in [0.15, 0.2) is 6.23 Å². The minimum atomic E-state index is -0.298. The number of benzene rings is 2. The Balaban J connectivity index is 1.52. The van der Waals surface area contributed by atoms with Crippen molar-refractivity contribution in [2.75, 3.05) is 31.6 Å². The van der Waals surface area contributed by atoms with E-state index in [9.17, 15) is 4.79 Å². The lowest BCUT2D eigenvalue weighted by Crippen LogP contribution is -2.40. The van der Waals surface area contributed by atoms with Gasteiger partial charge in [-0.05, 0) is 18.2 Å². The molecular weight excluding hydrogens is 384 g/mol. The first kappa shape index (κ1) is 18.7. The quantitative estimate of drug-likeness (QED) is 0.581. The lowest BCUT2D eigenvalue weighted by atomic mass is 10.2. The third-order valence-corrected chi connectivity index (χ3v) is 5.32. The number of methoxy groups -OCH3 is 1. The molecular formula is C22H22N4O4. The van der Waals surface area contributed by atoms with Crippen LogP contribution in [0, 0.1) is 0 Å². The highest BCUT2D eigenvalue weighted by atomic mass is 16.8. The molecule has 3 aromatic rings. The number of para-hydroxylation sites is 2. The van der Waals surface area contributed by atoms with Crippen LogP contribution in [-0.2, 0) is 11.4 Å². The Morgan fingerprint density at radius 2 is 1.90 bits per heavy atom. The largest absolute Gasteiger partial charge is 0.496 e. The number of hydroxylamine groups is 2. The normalized spacial score (nSPS) is 19.8. The van der Waals surface area contributed by atoms with Gasteiger partial charge in [0.1, 0.15) is 18.0 Å². The van der Waals surface area contributed by atoms with Crippen molar-refractivity contribution in [2.24, 2.45) is 0 Å². The maximum atomic E-state index is 13.4. The predicted octanol–water partition coefficient (Wildman–Crippen LogP) is 2.21. The van der Waals surface area contributed by atoms with Crippen LogP contribution in [0.3, 0.4) is 0 Å². The summed E-state index contributed by atoms with van der Waals surface area (Å²) >= 11 is 0. The van der Waals surface area contributed by atoms with Crippen molar-refractivity contribution in [1.82, 2.24) is 14.8 Å². The standard InChI is InChI=1S/C22H22N4O4/c1-28-19-10-6-5-7-16(19)15-29-21-18(24-11-12-25-20(14-24)30-25)13-23-26(22(21)27)17-8-3-2-4-9-17/h2-10,13,20H,11-12,14-15H2,1H3. The highest BCUT2D eigenvalue weighted by Gasteiger charge is 2.42. The second kappa shape index (κ2) is 7.81. The van der Waals surface area contributed by atoms with E-state index in [1.165, 1.54) is 4.68 Å². The third kappa shape index (κ3) is 3.51. The van der Waals surface area contributed by atoms with Gasteiger partial charge >= 0.3 is 5.56 Å². The van der Waals surface area contributed by atoms with E-state index in [0.717, 1.165) is 24.4 Å². The molecule has 0 radical (unpaired) electrons. The van der Waals surface area contributed by atoms with E-state index in [0.29, 0.717) is 17.9 Å². The van der Waals surface area contributed by atoms with Crippen molar-refractivity contribution in [1.29, 1.82) is 0 Å². The Kier molecular flexibility index (Phi) is 4.86. The smallest absolute Gasteiger partial charge is 0.316 e. The van der Waals surface area contributed by atoms with E-state index in [4.69, 9.17) is 14.3 Å². The number of rotatable bonds is 6. The van der Waals surface area contributed by atoms with Gasteiger partial charge < -0.3 is 14.4 Å². The number of fused-ring (bicyclic) bond motifs is 1. The fraction of sp³-hybridized carbons (Fsp3) is 0.273. The molecule has 2 aliphatic heterocycles. The highest BCUT2D eigenvalue weighted by Crippen LogP contribution is 2.32. The fourth-order valence-corrected chi connectivity index (χ4v) is 3.68. The highest BCUT2D eigenvalue weighted by molar-refractivity contribution is 5.57. The maximum Gasteiger partial charge on any atom is 0.316 e. The summed E-state index contributed by atoms with van der Waals surface area (Å²) in [5.41, 5.74) is 1.93. The minimum Gasteiger partial charge on any atom is -0.496 e. The molecule has 0 amide bonds. The van der Waals surface area contributed by atoms with Crippen LogP contribution in [0.15, 0.2) is 65.6 Å². The van der Waals surface area contributed by atoms with Crippen molar-refractivity contribution >= 4 is 5.69 Å². The molecule has 0 aliphatic carbocycles. The lowest BCUT2D eigenvalue weighted by Gasteiger charge is -2.28. The Morgan fingerprint density at radius 3 is 2.70 bits per heavy atom. The second-order valence-electron chi connectivity index (χ2n) is 7.16. The fourth-order valence-electron chi connectivity index (χ4n) is 3.68. The summed E-state index contributed by atoms with van der Waals surface area (Å²) in [5.74, 6) is 0.991. The molecule has 0 saturated carbocycles. The molecule has 30 heavy (non-hydrogen) atoms. The van der Waals surface area contributed by atoms with Crippen molar-refractivity contribution in [3.8, 4) is 17.2 Å². The Morgan fingerprint density at radius 1 is 1.10 bits per heavy atom. The van der Waals surface area contributed by atoms with E-state index in [-0.39, 0.29) is 24.1 Å². The first-order valence-corrected chi connectivity index (χ1v) is 9.85.